The normalized spacial score (nSPS) is 13.3. The second kappa shape index (κ2) is 5.81. The van der Waals surface area contributed by atoms with E-state index < -0.39 is 0 Å². The molecule has 25 heavy (non-hydrogen) atoms. The maximum atomic E-state index is 13.1. The topological polar surface area (TPSA) is 68.1 Å². The number of fused-ring (bicyclic) bond motifs is 2. The zero-order chi connectivity index (χ0) is 17.6. The van der Waals surface area contributed by atoms with Gasteiger partial charge in [0.1, 0.15) is 5.82 Å². The molecule has 4 rings (SSSR count). The lowest BCUT2D eigenvalue weighted by atomic mass is 10.1. The fourth-order valence-corrected chi connectivity index (χ4v) is 3.27. The number of carbonyl (C=O) groups is 1. The average molecular weight is 334 g/mol. The predicted octanol–water partition coefficient (Wildman–Crippen LogP) is 2.05. The van der Waals surface area contributed by atoms with Crippen molar-refractivity contribution in [1.29, 1.82) is 0 Å². The van der Waals surface area contributed by atoms with E-state index in [1.165, 1.54) is 6.07 Å². The van der Waals surface area contributed by atoms with Gasteiger partial charge in [-0.25, -0.2) is 9.97 Å². The van der Waals surface area contributed by atoms with Crippen LogP contribution in [0.15, 0.2) is 41.3 Å². The van der Waals surface area contributed by atoms with Crippen LogP contribution < -0.4 is 5.56 Å². The first-order valence-electron chi connectivity index (χ1n) is 8.30. The summed E-state index contributed by atoms with van der Waals surface area (Å²) in [5, 5.41) is 0.783. The molecule has 1 aliphatic rings. The lowest BCUT2D eigenvalue weighted by molar-refractivity contribution is 0.0752. The number of hydrogen-bond acceptors (Lipinski definition) is 4. The van der Waals surface area contributed by atoms with Gasteiger partial charge in [-0.2, -0.15) is 0 Å². The van der Waals surface area contributed by atoms with E-state index in [1.807, 2.05) is 31.2 Å². The molecule has 0 bridgehead atoms. The highest BCUT2D eigenvalue weighted by Crippen LogP contribution is 2.25. The van der Waals surface area contributed by atoms with Crippen LogP contribution in [0.25, 0.3) is 10.9 Å². The van der Waals surface area contributed by atoms with Gasteiger partial charge in [-0.3, -0.25) is 9.59 Å². The first-order valence-corrected chi connectivity index (χ1v) is 8.30. The average Bonchev–Trinajstić information content (AvgIpc) is 3.07. The van der Waals surface area contributed by atoms with Gasteiger partial charge in [0.15, 0.2) is 0 Å². The Morgan fingerprint density at radius 1 is 1.24 bits per heavy atom. The first kappa shape index (κ1) is 15.5. The highest BCUT2D eigenvalue weighted by molar-refractivity contribution is 6.06. The van der Waals surface area contributed by atoms with Crippen molar-refractivity contribution in [2.75, 3.05) is 0 Å². The Balaban J connectivity index is 1.75. The molecule has 1 aliphatic heterocycles. The van der Waals surface area contributed by atoms with E-state index in [2.05, 4.69) is 9.97 Å². The molecule has 0 N–H and O–H groups in total. The number of para-hydroxylation sites is 1. The molecule has 2 aromatic heterocycles. The van der Waals surface area contributed by atoms with Crippen LogP contribution in [-0.2, 0) is 26.6 Å². The number of benzene rings is 1. The van der Waals surface area contributed by atoms with Crippen molar-refractivity contribution in [2.24, 2.45) is 7.05 Å². The third-order valence-electron chi connectivity index (χ3n) is 4.69. The maximum absolute atomic E-state index is 13.1. The Hall–Kier alpha value is -3.02. The monoisotopic (exact) mass is 334 g/mol. The summed E-state index contributed by atoms with van der Waals surface area (Å²) in [5.41, 5.74) is 2.87. The Morgan fingerprint density at radius 3 is 2.84 bits per heavy atom. The van der Waals surface area contributed by atoms with Crippen molar-refractivity contribution in [2.45, 2.75) is 26.4 Å². The number of amides is 1. The Labute approximate surface area is 144 Å². The summed E-state index contributed by atoms with van der Waals surface area (Å²) < 4.78 is 1.56. The summed E-state index contributed by atoms with van der Waals surface area (Å²) in [5.74, 6) is 0.636. The SMILES string of the molecule is CCc1ncc2c(n1)CN(C(=O)c1cc(=O)n(C)c3ccccc13)C2. The zero-order valence-corrected chi connectivity index (χ0v) is 14.2. The molecule has 1 aromatic carbocycles. The molecule has 0 atom stereocenters. The number of hydrogen-bond donors (Lipinski definition) is 0. The zero-order valence-electron chi connectivity index (χ0n) is 14.2. The molecule has 0 saturated carbocycles. The van der Waals surface area contributed by atoms with Crippen LogP contribution in [0, 0.1) is 0 Å². The van der Waals surface area contributed by atoms with Crippen molar-refractivity contribution >= 4 is 16.8 Å². The quantitative estimate of drug-likeness (QED) is 0.719. The summed E-state index contributed by atoms with van der Waals surface area (Å²) in [4.78, 5) is 35.9. The second-order valence-electron chi connectivity index (χ2n) is 6.25. The molecular formula is C19H18N4O2. The Bertz CT molecular complexity index is 1050. The molecule has 0 unspecified atom stereocenters. The minimum absolute atomic E-state index is 0.148. The van der Waals surface area contributed by atoms with Crippen LogP contribution >= 0.6 is 0 Å². The van der Waals surface area contributed by atoms with Gasteiger partial charge in [0.05, 0.1) is 23.3 Å². The summed E-state index contributed by atoms with van der Waals surface area (Å²) in [7, 11) is 1.71. The van der Waals surface area contributed by atoms with E-state index in [9.17, 15) is 9.59 Å². The first-order chi connectivity index (χ1) is 12.1. The Kier molecular flexibility index (Phi) is 3.60. The molecule has 3 heterocycles. The molecule has 3 aromatic rings. The highest BCUT2D eigenvalue weighted by Gasteiger charge is 2.27. The lowest BCUT2D eigenvalue weighted by Gasteiger charge is -2.17. The molecule has 0 fully saturated rings. The maximum Gasteiger partial charge on any atom is 0.255 e. The number of aromatic nitrogens is 3. The van der Waals surface area contributed by atoms with E-state index in [4.69, 9.17) is 0 Å². The van der Waals surface area contributed by atoms with Gasteiger partial charge in [0.2, 0.25) is 0 Å². The van der Waals surface area contributed by atoms with E-state index in [0.717, 1.165) is 34.4 Å². The Morgan fingerprint density at radius 2 is 2.04 bits per heavy atom. The highest BCUT2D eigenvalue weighted by atomic mass is 16.2. The number of nitrogens with zero attached hydrogens (tertiary/aromatic N) is 4. The number of pyridine rings is 1. The van der Waals surface area contributed by atoms with E-state index in [0.29, 0.717) is 18.7 Å². The van der Waals surface area contributed by atoms with E-state index in [1.54, 1.807) is 22.7 Å². The van der Waals surface area contributed by atoms with Crippen LogP contribution in [0.1, 0.15) is 34.4 Å². The standard InChI is InChI=1S/C19H18N4O2/c1-3-17-20-9-12-10-23(11-15(12)21-17)19(25)14-8-18(24)22(2)16-7-5-4-6-13(14)16/h4-9H,3,10-11H2,1-2H3. The van der Waals surface area contributed by atoms with Gasteiger partial charge >= 0.3 is 0 Å². The van der Waals surface area contributed by atoms with Crippen molar-refractivity contribution < 1.29 is 4.79 Å². The molecule has 6 nitrogen and oxygen atoms in total. The van der Waals surface area contributed by atoms with Crippen LogP contribution in [-0.4, -0.2) is 25.3 Å². The smallest absolute Gasteiger partial charge is 0.255 e. The molecule has 0 saturated heterocycles. The lowest BCUT2D eigenvalue weighted by Crippen LogP contribution is -2.28. The van der Waals surface area contributed by atoms with E-state index in [-0.39, 0.29) is 11.5 Å². The van der Waals surface area contributed by atoms with Gasteiger partial charge in [-0.05, 0) is 6.07 Å². The molecule has 0 spiro atoms. The number of rotatable bonds is 2. The fraction of sp³-hybridized carbons (Fsp3) is 0.263. The minimum atomic E-state index is -0.188. The van der Waals surface area contributed by atoms with Crippen molar-refractivity contribution in [3.8, 4) is 0 Å². The largest absolute Gasteiger partial charge is 0.328 e. The molecular weight excluding hydrogens is 316 g/mol. The van der Waals surface area contributed by atoms with Crippen molar-refractivity contribution in [3.05, 3.63) is 69.5 Å². The van der Waals surface area contributed by atoms with Gasteiger partial charge in [0.25, 0.3) is 11.5 Å². The molecule has 126 valence electrons. The van der Waals surface area contributed by atoms with Crippen molar-refractivity contribution in [3.63, 3.8) is 0 Å². The van der Waals surface area contributed by atoms with E-state index >= 15 is 0 Å². The van der Waals surface area contributed by atoms with Gasteiger partial charge in [-0.1, -0.05) is 25.1 Å². The summed E-state index contributed by atoms with van der Waals surface area (Å²) in [6.07, 6.45) is 2.57. The second-order valence-corrected chi connectivity index (χ2v) is 6.25. The van der Waals surface area contributed by atoms with Gasteiger partial charge in [-0.15, -0.1) is 0 Å². The van der Waals surface area contributed by atoms with Crippen LogP contribution in [0.4, 0.5) is 0 Å². The summed E-state index contributed by atoms with van der Waals surface area (Å²) >= 11 is 0. The predicted molar refractivity (Wildman–Crippen MR) is 94.2 cm³/mol. The third kappa shape index (κ3) is 2.50. The molecule has 0 radical (unpaired) electrons. The van der Waals surface area contributed by atoms with Gasteiger partial charge < -0.3 is 9.47 Å². The molecule has 0 aliphatic carbocycles. The van der Waals surface area contributed by atoms with Gasteiger partial charge in [0, 0.05) is 43.2 Å². The third-order valence-corrected chi connectivity index (χ3v) is 4.69. The number of aryl methyl sites for hydroxylation is 2. The molecule has 1 amide bonds. The molecule has 6 heteroatoms. The summed E-state index contributed by atoms with van der Waals surface area (Å²) in [6.45, 7) is 2.93. The fourth-order valence-electron chi connectivity index (χ4n) is 3.27. The van der Waals surface area contributed by atoms with Crippen LogP contribution in [0.2, 0.25) is 0 Å². The van der Waals surface area contributed by atoms with Crippen LogP contribution in [0.5, 0.6) is 0 Å². The number of carbonyl (C=O) groups excluding carboxylic acids is 1. The van der Waals surface area contributed by atoms with Crippen molar-refractivity contribution in [1.82, 2.24) is 19.4 Å². The minimum Gasteiger partial charge on any atom is -0.328 e. The summed E-state index contributed by atoms with van der Waals surface area (Å²) in [6, 6.07) is 8.90. The van der Waals surface area contributed by atoms with Crippen LogP contribution in [0.3, 0.4) is 0 Å².